The molecule has 0 N–H and O–H groups in total. The van der Waals surface area contributed by atoms with Crippen LogP contribution in [-0.4, -0.2) is 16.1 Å². The SMILES string of the molecule is FC(Cl)C(F)(F)SCCl. The van der Waals surface area contributed by atoms with Gasteiger partial charge >= 0.3 is 5.25 Å². The van der Waals surface area contributed by atoms with Crippen molar-refractivity contribution in [3.8, 4) is 0 Å². The minimum Gasteiger partial charge on any atom is -0.222 e. The maximum Gasteiger partial charge on any atom is 0.339 e. The number of hydrogen-bond acceptors (Lipinski definition) is 1. The molecular weight excluding hydrogens is 196 g/mol. The molecule has 0 saturated heterocycles. The molecule has 0 fully saturated rings. The van der Waals surface area contributed by atoms with Gasteiger partial charge in [0.15, 0.2) is 0 Å². The fraction of sp³-hybridized carbons (Fsp3) is 1.00. The van der Waals surface area contributed by atoms with Crippen LogP contribution in [0.3, 0.4) is 0 Å². The lowest BCUT2D eigenvalue weighted by Gasteiger charge is -2.12. The van der Waals surface area contributed by atoms with E-state index in [0.29, 0.717) is 0 Å². The minimum absolute atomic E-state index is 0.0332. The molecule has 0 rings (SSSR count). The quantitative estimate of drug-likeness (QED) is 0.629. The minimum atomic E-state index is -3.57. The van der Waals surface area contributed by atoms with Crippen molar-refractivity contribution in [2.75, 3.05) is 5.21 Å². The first-order valence-electron chi connectivity index (χ1n) is 1.86. The maximum absolute atomic E-state index is 11.9. The maximum atomic E-state index is 11.9. The van der Waals surface area contributed by atoms with Gasteiger partial charge in [0, 0.05) is 0 Å². The van der Waals surface area contributed by atoms with Gasteiger partial charge in [-0.05, 0) is 0 Å². The van der Waals surface area contributed by atoms with Gasteiger partial charge in [-0.15, -0.1) is 11.6 Å². The smallest absolute Gasteiger partial charge is 0.222 e. The third-order valence-electron chi connectivity index (χ3n) is 0.501. The van der Waals surface area contributed by atoms with Crippen molar-refractivity contribution in [2.45, 2.75) is 10.9 Å². The first kappa shape index (κ1) is 9.72. The van der Waals surface area contributed by atoms with Crippen LogP contribution >= 0.6 is 35.0 Å². The number of alkyl halides is 5. The molecule has 0 aliphatic rings. The zero-order valence-electron chi connectivity index (χ0n) is 4.08. The van der Waals surface area contributed by atoms with Crippen LogP contribution in [-0.2, 0) is 0 Å². The summed E-state index contributed by atoms with van der Waals surface area (Å²) in [7, 11) is 0. The fourth-order valence-electron chi connectivity index (χ4n) is 0.136. The van der Waals surface area contributed by atoms with E-state index in [2.05, 4.69) is 11.6 Å². The molecule has 1 atom stereocenters. The lowest BCUT2D eigenvalue weighted by Crippen LogP contribution is -2.20. The zero-order valence-corrected chi connectivity index (χ0v) is 6.41. The van der Waals surface area contributed by atoms with E-state index in [4.69, 9.17) is 11.6 Å². The Morgan fingerprint density at radius 3 is 2.11 bits per heavy atom. The molecule has 0 radical (unpaired) electrons. The molecule has 0 nitrogen and oxygen atoms in total. The second kappa shape index (κ2) is 3.78. The van der Waals surface area contributed by atoms with Gasteiger partial charge in [0.25, 0.3) is 0 Å². The molecule has 0 heterocycles. The molecule has 9 heavy (non-hydrogen) atoms. The van der Waals surface area contributed by atoms with Gasteiger partial charge in [-0.3, -0.25) is 0 Å². The van der Waals surface area contributed by atoms with Gasteiger partial charge < -0.3 is 0 Å². The van der Waals surface area contributed by atoms with Gasteiger partial charge in [-0.25, -0.2) is 4.39 Å². The summed E-state index contributed by atoms with van der Waals surface area (Å²) >= 11 is 9.31. The lowest BCUT2D eigenvalue weighted by molar-refractivity contribution is 0.0541. The van der Waals surface area contributed by atoms with Crippen molar-refractivity contribution in [3.63, 3.8) is 0 Å². The topological polar surface area (TPSA) is 0 Å². The summed E-state index contributed by atoms with van der Waals surface area (Å²) in [4.78, 5) is 0. The molecule has 6 heteroatoms. The third-order valence-corrected chi connectivity index (χ3v) is 1.93. The second-order valence-electron chi connectivity index (χ2n) is 1.12. The van der Waals surface area contributed by atoms with Crippen LogP contribution in [0, 0.1) is 0 Å². The molecule has 56 valence electrons. The lowest BCUT2D eigenvalue weighted by atomic mass is 10.8. The number of hydrogen-bond donors (Lipinski definition) is 0. The summed E-state index contributed by atoms with van der Waals surface area (Å²) < 4.78 is 35.4. The first-order valence-corrected chi connectivity index (χ1v) is 3.82. The molecule has 0 spiro atoms. The predicted molar refractivity (Wildman–Crippen MR) is 34.0 cm³/mol. The highest BCUT2D eigenvalue weighted by Crippen LogP contribution is 2.36. The molecule has 0 aliphatic carbocycles. The summed E-state index contributed by atoms with van der Waals surface area (Å²) in [6, 6.07) is 0. The Bertz CT molecular complexity index is 87.1. The Kier molecular flexibility index (Phi) is 4.09. The largest absolute Gasteiger partial charge is 0.339 e. The predicted octanol–water partition coefficient (Wildman–Crippen LogP) is 3.04. The highest BCUT2D eigenvalue weighted by Gasteiger charge is 2.38. The standard InChI is InChI=1S/C3H3Cl2F3S/c4-1-9-3(7,8)2(5)6/h2H,1H2. The van der Waals surface area contributed by atoms with E-state index in [1.165, 1.54) is 0 Å². The van der Waals surface area contributed by atoms with E-state index >= 15 is 0 Å². The summed E-state index contributed by atoms with van der Waals surface area (Å²) in [5.41, 5.74) is -2.67. The van der Waals surface area contributed by atoms with Crippen LogP contribution in [0.15, 0.2) is 0 Å². The zero-order chi connectivity index (χ0) is 7.49. The molecule has 0 aromatic rings. The normalized spacial score (nSPS) is 15.7. The van der Waals surface area contributed by atoms with Crippen LogP contribution in [0.2, 0.25) is 0 Å². The van der Waals surface area contributed by atoms with Crippen LogP contribution in [0.5, 0.6) is 0 Å². The molecule has 0 aromatic heterocycles. The van der Waals surface area contributed by atoms with Crippen molar-refractivity contribution in [3.05, 3.63) is 0 Å². The van der Waals surface area contributed by atoms with Crippen molar-refractivity contribution in [1.82, 2.24) is 0 Å². The highest BCUT2D eigenvalue weighted by atomic mass is 35.5. The Labute approximate surface area is 64.7 Å². The molecule has 0 aliphatic heterocycles. The molecule has 0 amide bonds. The number of rotatable bonds is 3. The van der Waals surface area contributed by atoms with Crippen molar-refractivity contribution >= 4 is 35.0 Å². The molecule has 1 unspecified atom stereocenters. The van der Waals surface area contributed by atoms with E-state index in [-0.39, 0.29) is 17.0 Å². The first-order chi connectivity index (χ1) is 4.00. The van der Waals surface area contributed by atoms with E-state index in [1.807, 2.05) is 0 Å². The van der Waals surface area contributed by atoms with Crippen LogP contribution in [0.25, 0.3) is 0 Å². The third kappa shape index (κ3) is 3.43. The number of thioether (sulfide) groups is 1. The highest BCUT2D eigenvalue weighted by molar-refractivity contribution is 8.01. The Hall–Kier alpha value is 0.720. The van der Waals surface area contributed by atoms with E-state index in [9.17, 15) is 13.2 Å². The second-order valence-corrected chi connectivity index (χ2v) is 3.20. The Balaban J connectivity index is 3.70. The van der Waals surface area contributed by atoms with Gasteiger partial charge in [-0.1, -0.05) is 23.4 Å². The Morgan fingerprint density at radius 2 is 2.00 bits per heavy atom. The van der Waals surface area contributed by atoms with Crippen molar-refractivity contribution < 1.29 is 13.2 Å². The molecule has 0 saturated carbocycles. The molecular formula is C3H3Cl2F3S. The van der Waals surface area contributed by atoms with Crippen molar-refractivity contribution in [1.29, 1.82) is 0 Å². The van der Waals surface area contributed by atoms with Crippen molar-refractivity contribution in [2.24, 2.45) is 0 Å². The van der Waals surface area contributed by atoms with E-state index in [0.717, 1.165) is 0 Å². The van der Waals surface area contributed by atoms with Crippen LogP contribution < -0.4 is 0 Å². The average molecular weight is 199 g/mol. The van der Waals surface area contributed by atoms with Crippen LogP contribution in [0.1, 0.15) is 0 Å². The van der Waals surface area contributed by atoms with Gasteiger partial charge in [-0.2, -0.15) is 8.78 Å². The number of halogens is 5. The average Bonchev–Trinajstić information content (AvgIpc) is 1.65. The summed E-state index contributed by atoms with van der Waals surface area (Å²) in [5.74, 6) is 0. The van der Waals surface area contributed by atoms with E-state index in [1.54, 1.807) is 0 Å². The summed E-state index contributed by atoms with van der Waals surface area (Å²) in [5, 5.41) is -3.94. The van der Waals surface area contributed by atoms with Gasteiger partial charge in [0.1, 0.15) is 0 Å². The van der Waals surface area contributed by atoms with E-state index < -0.39 is 10.9 Å². The van der Waals surface area contributed by atoms with Crippen LogP contribution in [0.4, 0.5) is 13.2 Å². The Morgan fingerprint density at radius 1 is 1.56 bits per heavy atom. The fourth-order valence-corrected chi connectivity index (χ4v) is 1.03. The molecule has 0 aromatic carbocycles. The monoisotopic (exact) mass is 198 g/mol. The van der Waals surface area contributed by atoms with Gasteiger partial charge in [0.05, 0.1) is 5.21 Å². The molecule has 0 bridgehead atoms. The summed E-state index contributed by atoms with van der Waals surface area (Å²) in [6.07, 6.45) is 0. The van der Waals surface area contributed by atoms with Gasteiger partial charge in [0.2, 0.25) is 5.63 Å². The summed E-state index contributed by atoms with van der Waals surface area (Å²) in [6.45, 7) is 0.